The van der Waals surface area contributed by atoms with Crippen molar-refractivity contribution in [2.75, 3.05) is 11.9 Å². The molecule has 1 aromatic carbocycles. The highest BCUT2D eigenvalue weighted by Crippen LogP contribution is 2.24. The molecule has 124 valence electrons. The minimum Gasteiger partial charge on any atom is -0.461 e. The van der Waals surface area contributed by atoms with Crippen LogP contribution in [0, 0.1) is 0 Å². The van der Waals surface area contributed by atoms with Gasteiger partial charge < -0.3 is 15.1 Å². The maximum absolute atomic E-state index is 11.8. The van der Waals surface area contributed by atoms with Gasteiger partial charge in [-0.25, -0.2) is 9.97 Å². The van der Waals surface area contributed by atoms with Crippen molar-refractivity contribution < 1.29 is 9.21 Å². The van der Waals surface area contributed by atoms with Gasteiger partial charge in [-0.1, -0.05) is 12.1 Å². The minimum absolute atomic E-state index is 0.0159. The largest absolute Gasteiger partial charge is 0.461 e. The number of anilines is 1. The monoisotopic (exact) mass is 324 g/mol. The molecule has 0 saturated heterocycles. The molecule has 0 aliphatic carbocycles. The van der Waals surface area contributed by atoms with Gasteiger partial charge in [0.25, 0.3) is 0 Å². The first-order valence-corrected chi connectivity index (χ1v) is 7.97. The Labute approximate surface area is 140 Å². The number of aromatic nitrogens is 2. The number of benzene rings is 1. The van der Waals surface area contributed by atoms with Crippen molar-refractivity contribution in [2.45, 2.75) is 26.3 Å². The molecule has 6 nitrogen and oxygen atoms in total. The molecule has 0 atom stereocenters. The first-order chi connectivity index (χ1) is 11.6. The van der Waals surface area contributed by atoms with Gasteiger partial charge in [-0.3, -0.25) is 4.79 Å². The van der Waals surface area contributed by atoms with Gasteiger partial charge >= 0.3 is 0 Å². The Balaban J connectivity index is 1.82. The summed E-state index contributed by atoms with van der Waals surface area (Å²) in [5.74, 6) is 1.85. The number of carbonyl (C=O) groups excluding carboxylic acids is 1. The Morgan fingerprint density at radius 3 is 2.75 bits per heavy atom. The van der Waals surface area contributed by atoms with Crippen LogP contribution in [0.5, 0.6) is 0 Å². The zero-order valence-electron chi connectivity index (χ0n) is 13.7. The number of nitrogens with one attached hydrogen (secondary N) is 2. The summed E-state index contributed by atoms with van der Waals surface area (Å²) < 4.78 is 5.39. The van der Waals surface area contributed by atoms with Crippen LogP contribution < -0.4 is 10.6 Å². The van der Waals surface area contributed by atoms with E-state index >= 15 is 0 Å². The number of hydrogen-bond donors (Lipinski definition) is 2. The van der Waals surface area contributed by atoms with Gasteiger partial charge in [-0.05, 0) is 38.1 Å². The van der Waals surface area contributed by atoms with Crippen LogP contribution in [0.15, 0.2) is 47.1 Å². The summed E-state index contributed by atoms with van der Waals surface area (Å²) in [6.45, 7) is 4.38. The average molecular weight is 324 g/mol. The summed E-state index contributed by atoms with van der Waals surface area (Å²) in [5, 5.41) is 7.03. The average Bonchev–Trinajstić information content (AvgIpc) is 3.08. The third kappa shape index (κ3) is 3.71. The maximum atomic E-state index is 11.8. The number of fused-ring (bicyclic) bond motifs is 1. The van der Waals surface area contributed by atoms with Crippen LogP contribution in [0.1, 0.15) is 20.3 Å². The summed E-state index contributed by atoms with van der Waals surface area (Å²) in [4.78, 5) is 20.9. The van der Waals surface area contributed by atoms with E-state index < -0.39 is 0 Å². The third-order valence-corrected chi connectivity index (χ3v) is 3.44. The van der Waals surface area contributed by atoms with Crippen molar-refractivity contribution in [3.63, 3.8) is 0 Å². The predicted molar refractivity (Wildman–Crippen MR) is 93.6 cm³/mol. The number of para-hydroxylation sites is 1. The molecule has 3 rings (SSSR count). The molecule has 0 aliphatic heterocycles. The first-order valence-electron chi connectivity index (χ1n) is 7.97. The van der Waals surface area contributed by atoms with E-state index in [1.165, 1.54) is 0 Å². The normalized spacial score (nSPS) is 11.0. The van der Waals surface area contributed by atoms with E-state index in [2.05, 4.69) is 20.6 Å². The zero-order valence-corrected chi connectivity index (χ0v) is 13.7. The van der Waals surface area contributed by atoms with Crippen LogP contribution in [0.4, 0.5) is 5.82 Å². The molecule has 6 heteroatoms. The Bertz CT molecular complexity index is 828. The summed E-state index contributed by atoms with van der Waals surface area (Å²) in [6, 6.07) is 11.5. The van der Waals surface area contributed by atoms with E-state index in [-0.39, 0.29) is 11.9 Å². The summed E-state index contributed by atoms with van der Waals surface area (Å²) in [5.41, 5.74) is 0.827. The molecule has 3 aromatic rings. The Hall–Kier alpha value is -2.89. The Morgan fingerprint density at radius 2 is 2.00 bits per heavy atom. The molecule has 0 aliphatic rings. The molecule has 24 heavy (non-hydrogen) atoms. The number of rotatable bonds is 6. The highest BCUT2D eigenvalue weighted by Gasteiger charge is 2.11. The number of hydrogen-bond acceptors (Lipinski definition) is 5. The van der Waals surface area contributed by atoms with Crippen LogP contribution in [-0.4, -0.2) is 28.5 Å². The lowest BCUT2D eigenvalue weighted by atomic mass is 10.2. The van der Waals surface area contributed by atoms with E-state index in [4.69, 9.17) is 4.42 Å². The fourth-order valence-electron chi connectivity index (χ4n) is 2.42. The van der Waals surface area contributed by atoms with Crippen LogP contribution in [-0.2, 0) is 4.79 Å². The van der Waals surface area contributed by atoms with Crippen molar-refractivity contribution in [1.82, 2.24) is 15.3 Å². The molecule has 0 bridgehead atoms. The van der Waals surface area contributed by atoms with Crippen molar-refractivity contribution >= 4 is 22.6 Å². The van der Waals surface area contributed by atoms with Gasteiger partial charge in [0.15, 0.2) is 11.6 Å². The van der Waals surface area contributed by atoms with Crippen LogP contribution >= 0.6 is 0 Å². The molecule has 0 unspecified atom stereocenters. The standard InChI is InChI=1S/C18H20N4O2/c1-12(2)20-16(23)9-10-19-17-13-6-3-4-7-14(13)21-18(22-17)15-8-5-11-24-15/h3-8,11-12H,9-10H2,1-2H3,(H,20,23)(H,19,21,22). The molecule has 1 amide bonds. The van der Waals surface area contributed by atoms with Crippen molar-refractivity contribution in [3.05, 3.63) is 42.7 Å². The molecule has 2 heterocycles. The summed E-state index contributed by atoms with van der Waals surface area (Å²) >= 11 is 0. The number of furan rings is 1. The number of nitrogens with zero attached hydrogens (tertiary/aromatic N) is 2. The van der Waals surface area contributed by atoms with Gasteiger partial charge in [-0.15, -0.1) is 0 Å². The second-order valence-corrected chi connectivity index (χ2v) is 5.79. The van der Waals surface area contributed by atoms with Gasteiger partial charge in [0.05, 0.1) is 11.8 Å². The lowest BCUT2D eigenvalue weighted by Crippen LogP contribution is -2.31. The van der Waals surface area contributed by atoms with E-state index in [9.17, 15) is 4.79 Å². The van der Waals surface area contributed by atoms with Crippen LogP contribution in [0.2, 0.25) is 0 Å². The molecule has 2 N–H and O–H groups in total. The molecule has 0 spiro atoms. The van der Waals surface area contributed by atoms with Gasteiger partial charge in [-0.2, -0.15) is 0 Å². The molecule has 0 fully saturated rings. The summed E-state index contributed by atoms with van der Waals surface area (Å²) in [6.07, 6.45) is 1.98. The third-order valence-electron chi connectivity index (χ3n) is 3.44. The van der Waals surface area contributed by atoms with Gasteiger partial charge in [0.2, 0.25) is 5.91 Å². The van der Waals surface area contributed by atoms with E-state index in [0.717, 1.165) is 10.9 Å². The first kappa shape index (κ1) is 16.0. The highest BCUT2D eigenvalue weighted by molar-refractivity contribution is 5.90. The fraction of sp³-hybridized carbons (Fsp3) is 0.278. The van der Waals surface area contributed by atoms with Crippen molar-refractivity contribution in [1.29, 1.82) is 0 Å². The van der Waals surface area contributed by atoms with Gasteiger partial charge in [0, 0.05) is 24.4 Å². The lowest BCUT2D eigenvalue weighted by molar-refractivity contribution is -0.121. The molecule has 2 aromatic heterocycles. The quantitative estimate of drug-likeness (QED) is 0.728. The smallest absolute Gasteiger partial charge is 0.221 e. The lowest BCUT2D eigenvalue weighted by Gasteiger charge is -2.11. The van der Waals surface area contributed by atoms with E-state index in [1.54, 1.807) is 12.3 Å². The maximum Gasteiger partial charge on any atom is 0.221 e. The second-order valence-electron chi connectivity index (χ2n) is 5.79. The molecule has 0 saturated carbocycles. The topological polar surface area (TPSA) is 80.0 Å². The van der Waals surface area contributed by atoms with Gasteiger partial charge in [0.1, 0.15) is 5.82 Å². The number of carbonyl (C=O) groups is 1. The fourth-order valence-corrected chi connectivity index (χ4v) is 2.42. The van der Waals surface area contributed by atoms with Crippen LogP contribution in [0.3, 0.4) is 0 Å². The Morgan fingerprint density at radius 1 is 1.17 bits per heavy atom. The molecule has 0 radical (unpaired) electrons. The van der Waals surface area contributed by atoms with E-state index in [0.29, 0.717) is 30.4 Å². The predicted octanol–water partition coefficient (Wildman–Crippen LogP) is 3.22. The second kappa shape index (κ2) is 7.12. The molecular formula is C18H20N4O2. The Kier molecular flexibility index (Phi) is 4.74. The van der Waals surface area contributed by atoms with Crippen LogP contribution in [0.25, 0.3) is 22.5 Å². The zero-order chi connectivity index (χ0) is 16.9. The van der Waals surface area contributed by atoms with E-state index in [1.807, 2.05) is 44.2 Å². The summed E-state index contributed by atoms with van der Waals surface area (Å²) in [7, 11) is 0. The molecular weight excluding hydrogens is 304 g/mol. The number of amides is 1. The van der Waals surface area contributed by atoms with Crippen molar-refractivity contribution in [2.24, 2.45) is 0 Å². The minimum atomic E-state index is 0.0159. The highest BCUT2D eigenvalue weighted by atomic mass is 16.3. The SMILES string of the molecule is CC(C)NC(=O)CCNc1nc(-c2ccco2)nc2ccccc12. The van der Waals surface area contributed by atoms with Crippen molar-refractivity contribution in [3.8, 4) is 11.6 Å².